The third-order valence-corrected chi connectivity index (χ3v) is 5.94. The molecule has 1 unspecified atom stereocenters. The highest BCUT2D eigenvalue weighted by molar-refractivity contribution is 5.59. The second-order valence-electron chi connectivity index (χ2n) is 7.84. The van der Waals surface area contributed by atoms with Crippen molar-refractivity contribution < 1.29 is 18.9 Å². The summed E-state index contributed by atoms with van der Waals surface area (Å²) < 4.78 is 23.6. The highest BCUT2D eigenvalue weighted by atomic mass is 16.5. The molecular weight excluding hydrogens is 434 g/mol. The van der Waals surface area contributed by atoms with Gasteiger partial charge in [0.1, 0.15) is 34.6 Å². The van der Waals surface area contributed by atoms with Crippen LogP contribution in [0.5, 0.6) is 23.0 Å². The molecule has 0 saturated heterocycles. The van der Waals surface area contributed by atoms with Crippen molar-refractivity contribution in [1.82, 2.24) is 4.57 Å². The Morgan fingerprint density at radius 1 is 1.03 bits per heavy atom. The number of aryl methyl sites for hydroxylation is 1. The average molecular weight is 460 g/mol. The van der Waals surface area contributed by atoms with Crippen molar-refractivity contribution in [3.63, 3.8) is 0 Å². The quantitative estimate of drug-likeness (QED) is 0.601. The summed E-state index contributed by atoms with van der Waals surface area (Å²) in [5.74, 6) is 1.29. The molecule has 0 amide bonds. The van der Waals surface area contributed by atoms with E-state index in [1.165, 1.54) is 7.11 Å². The van der Waals surface area contributed by atoms with Crippen molar-refractivity contribution in [2.24, 2.45) is 5.73 Å². The van der Waals surface area contributed by atoms with Crippen LogP contribution in [-0.4, -0.2) is 25.9 Å². The normalized spacial score (nSPS) is 14.6. The fraction of sp³-hybridized carbons (Fsp3) is 0.231. The van der Waals surface area contributed by atoms with Crippen molar-refractivity contribution in [1.29, 1.82) is 5.26 Å². The highest BCUT2D eigenvalue weighted by Gasteiger charge is 2.36. The van der Waals surface area contributed by atoms with Crippen LogP contribution in [0.3, 0.4) is 0 Å². The second-order valence-corrected chi connectivity index (χ2v) is 7.84. The lowest BCUT2D eigenvalue weighted by Gasteiger charge is -2.28. The number of hydrogen-bond donors (Lipinski definition) is 1. The largest absolute Gasteiger partial charge is 0.497 e. The molecule has 0 radical (unpaired) electrons. The van der Waals surface area contributed by atoms with E-state index in [4.69, 9.17) is 24.7 Å². The number of hydrogen-bond acceptors (Lipinski definition) is 7. The fourth-order valence-electron chi connectivity index (χ4n) is 4.17. The third-order valence-electron chi connectivity index (χ3n) is 5.94. The SMILES string of the molecule is COc1ccc(Cn2c(C)cc3c(c2=O)C(c2cc(OC)ccc2OC)C(C#N)=C(N)O3)cc1. The Bertz CT molecular complexity index is 1370. The molecule has 8 heteroatoms. The lowest BCUT2D eigenvalue weighted by atomic mass is 9.83. The topological polar surface area (TPSA) is 109 Å². The van der Waals surface area contributed by atoms with Gasteiger partial charge >= 0.3 is 0 Å². The number of ether oxygens (including phenoxy) is 4. The summed E-state index contributed by atoms with van der Waals surface area (Å²) in [6.07, 6.45) is 0. The number of nitrogens with zero attached hydrogens (tertiary/aromatic N) is 2. The number of rotatable bonds is 6. The first-order valence-electron chi connectivity index (χ1n) is 10.6. The van der Waals surface area contributed by atoms with E-state index in [1.54, 1.807) is 43.1 Å². The molecule has 0 saturated carbocycles. The fourth-order valence-corrected chi connectivity index (χ4v) is 4.17. The van der Waals surface area contributed by atoms with Crippen LogP contribution in [-0.2, 0) is 6.54 Å². The lowest BCUT2D eigenvalue weighted by Crippen LogP contribution is -2.33. The first-order valence-corrected chi connectivity index (χ1v) is 10.6. The molecule has 0 spiro atoms. The van der Waals surface area contributed by atoms with Gasteiger partial charge in [-0.2, -0.15) is 5.26 Å². The van der Waals surface area contributed by atoms with E-state index in [2.05, 4.69) is 6.07 Å². The van der Waals surface area contributed by atoms with Gasteiger partial charge in [0.15, 0.2) is 0 Å². The smallest absolute Gasteiger partial charge is 0.259 e. The Morgan fingerprint density at radius 3 is 2.32 bits per heavy atom. The van der Waals surface area contributed by atoms with Crippen molar-refractivity contribution >= 4 is 0 Å². The molecule has 174 valence electrons. The van der Waals surface area contributed by atoms with E-state index in [0.29, 0.717) is 40.6 Å². The van der Waals surface area contributed by atoms with Gasteiger partial charge in [-0.3, -0.25) is 4.79 Å². The van der Waals surface area contributed by atoms with Gasteiger partial charge in [0.2, 0.25) is 5.88 Å². The molecule has 2 heterocycles. The van der Waals surface area contributed by atoms with Crippen LogP contribution in [0, 0.1) is 18.3 Å². The number of allylic oxidation sites excluding steroid dienone is 1. The standard InChI is InChI=1S/C26H25N3O5/c1-15-11-22-24(26(30)29(15)14-16-5-7-17(31-2)8-6-16)23(20(13-27)25(28)34-22)19-12-18(32-3)9-10-21(19)33-4/h5-12,23H,14,28H2,1-4H3. The summed E-state index contributed by atoms with van der Waals surface area (Å²) in [5, 5.41) is 9.95. The molecule has 2 aromatic carbocycles. The summed E-state index contributed by atoms with van der Waals surface area (Å²) in [4.78, 5) is 13.9. The van der Waals surface area contributed by atoms with Crippen LogP contribution in [0.1, 0.15) is 28.3 Å². The van der Waals surface area contributed by atoms with E-state index >= 15 is 0 Å². The van der Waals surface area contributed by atoms with Crippen LogP contribution in [0.2, 0.25) is 0 Å². The number of fused-ring (bicyclic) bond motifs is 1. The maximum atomic E-state index is 13.9. The van der Waals surface area contributed by atoms with Crippen LogP contribution in [0.4, 0.5) is 0 Å². The molecule has 8 nitrogen and oxygen atoms in total. The predicted octanol–water partition coefficient (Wildman–Crippen LogP) is 3.45. The molecule has 0 fully saturated rings. The third kappa shape index (κ3) is 3.92. The Hall–Kier alpha value is -4.38. The van der Waals surface area contributed by atoms with Crippen molar-refractivity contribution in [2.75, 3.05) is 21.3 Å². The van der Waals surface area contributed by atoms with E-state index < -0.39 is 5.92 Å². The zero-order valence-electron chi connectivity index (χ0n) is 19.4. The highest BCUT2D eigenvalue weighted by Crippen LogP contribution is 2.44. The summed E-state index contributed by atoms with van der Waals surface area (Å²) >= 11 is 0. The summed E-state index contributed by atoms with van der Waals surface area (Å²) in [6, 6.07) is 16.6. The summed E-state index contributed by atoms with van der Waals surface area (Å²) in [7, 11) is 4.68. The average Bonchev–Trinajstić information content (AvgIpc) is 2.85. The molecule has 1 atom stereocenters. The molecule has 4 rings (SSSR count). The van der Waals surface area contributed by atoms with E-state index in [0.717, 1.165) is 11.3 Å². The molecule has 1 aromatic heterocycles. The van der Waals surface area contributed by atoms with Gasteiger partial charge in [0, 0.05) is 17.3 Å². The maximum Gasteiger partial charge on any atom is 0.259 e. The van der Waals surface area contributed by atoms with Gasteiger partial charge in [0.25, 0.3) is 5.56 Å². The molecule has 1 aliphatic rings. The van der Waals surface area contributed by atoms with Gasteiger partial charge in [-0.05, 0) is 42.8 Å². The van der Waals surface area contributed by atoms with E-state index in [9.17, 15) is 10.1 Å². The number of nitriles is 1. The monoisotopic (exact) mass is 459 g/mol. The Balaban J connectivity index is 1.93. The Kier molecular flexibility index (Phi) is 6.19. The number of benzene rings is 2. The Morgan fingerprint density at radius 2 is 1.71 bits per heavy atom. The predicted molar refractivity (Wildman–Crippen MR) is 126 cm³/mol. The van der Waals surface area contributed by atoms with Crippen molar-refractivity contribution in [3.8, 4) is 29.1 Å². The number of pyridine rings is 1. The molecule has 3 aromatic rings. The minimum absolute atomic E-state index is 0.0448. The van der Waals surface area contributed by atoms with Crippen LogP contribution in [0.25, 0.3) is 0 Å². The summed E-state index contributed by atoms with van der Waals surface area (Å²) in [5.41, 5.74) is 8.51. The van der Waals surface area contributed by atoms with Crippen molar-refractivity contribution in [3.05, 3.63) is 92.7 Å². The number of nitrogens with two attached hydrogens (primary N) is 1. The second kappa shape index (κ2) is 9.24. The maximum absolute atomic E-state index is 13.9. The molecule has 1 aliphatic heterocycles. The minimum atomic E-state index is -0.783. The number of aromatic nitrogens is 1. The van der Waals surface area contributed by atoms with E-state index in [1.807, 2.05) is 31.2 Å². The van der Waals surface area contributed by atoms with Gasteiger partial charge in [-0.25, -0.2) is 0 Å². The van der Waals surface area contributed by atoms with Gasteiger partial charge in [-0.1, -0.05) is 12.1 Å². The lowest BCUT2D eigenvalue weighted by molar-refractivity contribution is 0.380. The van der Waals surface area contributed by atoms with Gasteiger partial charge in [0.05, 0.1) is 39.4 Å². The zero-order valence-corrected chi connectivity index (χ0v) is 19.4. The van der Waals surface area contributed by atoms with Crippen LogP contribution < -0.4 is 30.2 Å². The Labute approximate surface area is 197 Å². The minimum Gasteiger partial charge on any atom is -0.497 e. The molecule has 34 heavy (non-hydrogen) atoms. The van der Waals surface area contributed by atoms with Crippen molar-refractivity contribution in [2.45, 2.75) is 19.4 Å². The van der Waals surface area contributed by atoms with Crippen LogP contribution in [0.15, 0.2) is 64.8 Å². The van der Waals surface area contributed by atoms with Crippen LogP contribution >= 0.6 is 0 Å². The first kappa shape index (κ1) is 22.8. The zero-order chi connectivity index (χ0) is 24.4. The van der Waals surface area contributed by atoms with Gasteiger partial charge < -0.3 is 29.2 Å². The number of methoxy groups -OCH3 is 3. The molecular formula is C26H25N3O5. The molecule has 2 N–H and O–H groups in total. The summed E-state index contributed by atoms with van der Waals surface area (Å²) in [6.45, 7) is 2.17. The molecule has 0 bridgehead atoms. The molecule has 0 aliphatic carbocycles. The first-order chi connectivity index (χ1) is 16.4. The van der Waals surface area contributed by atoms with Gasteiger partial charge in [-0.15, -0.1) is 0 Å². The van der Waals surface area contributed by atoms with E-state index in [-0.39, 0.29) is 17.0 Å².